The summed E-state index contributed by atoms with van der Waals surface area (Å²) in [5.41, 5.74) is 0. The number of nitrogens with zero attached hydrogens (tertiary/aromatic N) is 1. The molecule has 0 amide bonds. The van der Waals surface area contributed by atoms with Crippen molar-refractivity contribution in [1.82, 2.24) is 4.98 Å². The van der Waals surface area contributed by atoms with E-state index in [1.807, 2.05) is 6.92 Å². The quantitative estimate of drug-likeness (QED) is 0.647. The van der Waals surface area contributed by atoms with Crippen LogP contribution in [0.15, 0.2) is 10.6 Å². The first kappa shape index (κ1) is 8.44. The average molecular weight is 181 g/mol. The van der Waals surface area contributed by atoms with Crippen LogP contribution in [-0.2, 0) is 4.74 Å². The monoisotopic (exact) mass is 181 g/mol. The SMILES string of the molecule is CC1CC(c2ncc(C=O)o2)CO1. The largest absolute Gasteiger partial charge is 0.438 e. The summed E-state index contributed by atoms with van der Waals surface area (Å²) in [4.78, 5) is 14.4. The van der Waals surface area contributed by atoms with Gasteiger partial charge in [-0.1, -0.05) is 0 Å². The van der Waals surface area contributed by atoms with Crippen LogP contribution in [0.25, 0.3) is 0 Å². The Morgan fingerprint density at radius 3 is 3.08 bits per heavy atom. The van der Waals surface area contributed by atoms with Crippen molar-refractivity contribution in [2.24, 2.45) is 0 Å². The summed E-state index contributed by atoms with van der Waals surface area (Å²) in [6.07, 6.45) is 3.29. The summed E-state index contributed by atoms with van der Waals surface area (Å²) < 4.78 is 10.6. The lowest BCUT2D eigenvalue weighted by Gasteiger charge is -1.99. The van der Waals surface area contributed by atoms with Crippen molar-refractivity contribution < 1.29 is 13.9 Å². The van der Waals surface area contributed by atoms with Gasteiger partial charge in [0.25, 0.3) is 0 Å². The highest BCUT2D eigenvalue weighted by atomic mass is 16.5. The van der Waals surface area contributed by atoms with Crippen LogP contribution in [-0.4, -0.2) is 24.0 Å². The van der Waals surface area contributed by atoms with E-state index in [-0.39, 0.29) is 17.8 Å². The number of ether oxygens (including phenoxy) is 1. The Morgan fingerprint density at radius 1 is 1.69 bits per heavy atom. The highest BCUT2D eigenvalue weighted by molar-refractivity contribution is 5.69. The van der Waals surface area contributed by atoms with E-state index in [2.05, 4.69) is 4.98 Å². The van der Waals surface area contributed by atoms with Gasteiger partial charge in [0.2, 0.25) is 5.89 Å². The Labute approximate surface area is 75.9 Å². The lowest BCUT2D eigenvalue weighted by Crippen LogP contribution is -1.97. The maximum absolute atomic E-state index is 10.3. The van der Waals surface area contributed by atoms with Crippen LogP contribution in [0.5, 0.6) is 0 Å². The van der Waals surface area contributed by atoms with Gasteiger partial charge in [0.05, 0.1) is 24.8 Å². The van der Waals surface area contributed by atoms with E-state index in [0.29, 0.717) is 18.8 Å². The molecule has 0 aromatic carbocycles. The summed E-state index contributed by atoms with van der Waals surface area (Å²) >= 11 is 0. The maximum atomic E-state index is 10.3. The molecule has 2 rings (SSSR count). The molecule has 1 aliphatic rings. The number of rotatable bonds is 2. The molecule has 4 heteroatoms. The van der Waals surface area contributed by atoms with Gasteiger partial charge in [-0.2, -0.15) is 0 Å². The number of carbonyl (C=O) groups excluding carboxylic acids is 1. The molecule has 2 unspecified atom stereocenters. The molecule has 1 aromatic rings. The molecule has 1 aliphatic heterocycles. The van der Waals surface area contributed by atoms with Gasteiger partial charge in [-0.15, -0.1) is 0 Å². The van der Waals surface area contributed by atoms with E-state index < -0.39 is 0 Å². The number of oxazole rings is 1. The van der Waals surface area contributed by atoms with Crippen molar-refractivity contribution in [1.29, 1.82) is 0 Å². The molecule has 2 atom stereocenters. The molecule has 1 fully saturated rings. The van der Waals surface area contributed by atoms with Crippen molar-refractivity contribution in [2.75, 3.05) is 6.61 Å². The van der Waals surface area contributed by atoms with Crippen molar-refractivity contribution in [3.05, 3.63) is 17.8 Å². The van der Waals surface area contributed by atoms with Crippen molar-refractivity contribution in [2.45, 2.75) is 25.4 Å². The fourth-order valence-electron chi connectivity index (χ4n) is 1.53. The van der Waals surface area contributed by atoms with Gasteiger partial charge in [0.1, 0.15) is 0 Å². The third-order valence-corrected chi connectivity index (χ3v) is 2.21. The first-order chi connectivity index (χ1) is 6.29. The predicted octanol–water partition coefficient (Wildman–Crippen LogP) is 1.38. The van der Waals surface area contributed by atoms with Gasteiger partial charge in [0.15, 0.2) is 12.0 Å². The average Bonchev–Trinajstić information content (AvgIpc) is 2.71. The zero-order valence-electron chi connectivity index (χ0n) is 7.40. The lowest BCUT2D eigenvalue weighted by molar-refractivity contribution is 0.109. The third kappa shape index (κ3) is 1.62. The predicted molar refractivity (Wildman–Crippen MR) is 44.7 cm³/mol. The first-order valence-corrected chi connectivity index (χ1v) is 4.32. The van der Waals surface area contributed by atoms with Crippen molar-refractivity contribution >= 4 is 6.29 Å². The zero-order chi connectivity index (χ0) is 9.26. The van der Waals surface area contributed by atoms with Gasteiger partial charge in [0, 0.05) is 0 Å². The van der Waals surface area contributed by atoms with Crippen LogP contribution in [0.1, 0.15) is 35.7 Å². The summed E-state index contributed by atoms with van der Waals surface area (Å²) in [5.74, 6) is 1.12. The first-order valence-electron chi connectivity index (χ1n) is 4.32. The fraction of sp³-hybridized carbons (Fsp3) is 0.556. The van der Waals surface area contributed by atoms with E-state index in [4.69, 9.17) is 9.15 Å². The highest BCUT2D eigenvalue weighted by Gasteiger charge is 2.27. The molecule has 2 heterocycles. The minimum absolute atomic E-state index is 0.212. The molecule has 0 saturated carbocycles. The summed E-state index contributed by atoms with van der Waals surface area (Å²) in [6, 6.07) is 0. The highest BCUT2D eigenvalue weighted by Crippen LogP contribution is 2.28. The van der Waals surface area contributed by atoms with Gasteiger partial charge in [-0.25, -0.2) is 4.98 Å². The third-order valence-electron chi connectivity index (χ3n) is 2.21. The molecule has 1 aromatic heterocycles. The maximum Gasteiger partial charge on any atom is 0.200 e. The normalized spacial score (nSPS) is 27.8. The molecular weight excluding hydrogens is 170 g/mol. The molecule has 0 radical (unpaired) electrons. The number of hydrogen-bond acceptors (Lipinski definition) is 4. The topological polar surface area (TPSA) is 52.3 Å². The Morgan fingerprint density at radius 2 is 2.54 bits per heavy atom. The second-order valence-corrected chi connectivity index (χ2v) is 3.30. The van der Waals surface area contributed by atoms with Crippen LogP contribution in [0.2, 0.25) is 0 Å². The van der Waals surface area contributed by atoms with Gasteiger partial charge in [-0.3, -0.25) is 4.79 Å². The molecule has 0 aliphatic carbocycles. The van der Waals surface area contributed by atoms with Gasteiger partial charge >= 0.3 is 0 Å². The van der Waals surface area contributed by atoms with E-state index in [9.17, 15) is 4.79 Å². The van der Waals surface area contributed by atoms with Crippen molar-refractivity contribution in [3.63, 3.8) is 0 Å². The minimum atomic E-state index is 0.212. The van der Waals surface area contributed by atoms with Gasteiger partial charge < -0.3 is 9.15 Å². The molecule has 70 valence electrons. The second kappa shape index (κ2) is 3.30. The Hall–Kier alpha value is -1.16. The summed E-state index contributed by atoms with van der Waals surface area (Å²) in [6.45, 7) is 2.66. The second-order valence-electron chi connectivity index (χ2n) is 3.30. The smallest absolute Gasteiger partial charge is 0.200 e. The summed E-state index contributed by atoms with van der Waals surface area (Å²) in [7, 11) is 0. The van der Waals surface area contributed by atoms with Crippen LogP contribution in [0, 0.1) is 0 Å². The minimum Gasteiger partial charge on any atom is -0.438 e. The molecule has 13 heavy (non-hydrogen) atoms. The molecule has 1 saturated heterocycles. The summed E-state index contributed by atoms with van der Waals surface area (Å²) in [5, 5.41) is 0. The van der Waals surface area contributed by atoms with Crippen LogP contribution >= 0.6 is 0 Å². The van der Waals surface area contributed by atoms with Crippen LogP contribution in [0.4, 0.5) is 0 Å². The van der Waals surface area contributed by atoms with Crippen LogP contribution in [0.3, 0.4) is 0 Å². The Kier molecular flexibility index (Phi) is 2.14. The Bertz CT molecular complexity index is 308. The van der Waals surface area contributed by atoms with Gasteiger partial charge in [-0.05, 0) is 13.3 Å². The van der Waals surface area contributed by atoms with E-state index in [0.717, 1.165) is 6.42 Å². The molecule has 0 bridgehead atoms. The fourth-order valence-corrected chi connectivity index (χ4v) is 1.53. The zero-order valence-corrected chi connectivity index (χ0v) is 7.40. The van der Waals surface area contributed by atoms with E-state index in [1.165, 1.54) is 6.20 Å². The Balaban J connectivity index is 2.12. The van der Waals surface area contributed by atoms with E-state index in [1.54, 1.807) is 0 Å². The molecular formula is C9H11NO3. The number of carbonyl (C=O) groups is 1. The molecule has 4 nitrogen and oxygen atoms in total. The molecule has 0 N–H and O–H groups in total. The number of aldehydes is 1. The van der Waals surface area contributed by atoms with E-state index >= 15 is 0 Å². The van der Waals surface area contributed by atoms with Crippen molar-refractivity contribution in [3.8, 4) is 0 Å². The lowest BCUT2D eigenvalue weighted by atomic mass is 10.1. The molecule has 0 spiro atoms. The number of hydrogen-bond donors (Lipinski definition) is 0. The standard InChI is InChI=1S/C9H11NO3/c1-6-2-7(5-12-6)9-10-3-8(4-11)13-9/h3-4,6-7H,2,5H2,1H3. The van der Waals surface area contributed by atoms with Crippen LogP contribution < -0.4 is 0 Å². The number of aromatic nitrogens is 1.